The fourth-order valence-electron chi connectivity index (χ4n) is 3.24. The van der Waals surface area contributed by atoms with Crippen molar-refractivity contribution in [1.29, 1.82) is 5.26 Å². The molecule has 1 saturated heterocycles. The first kappa shape index (κ1) is 14.4. The summed E-state index contributed by atoms with van der Waals surface area (Å²) < 4.78 is 7.33. The number of ether oxygens (including phenoxy) is 1. The fourth-order valence-corrected chi connectivity index (χ4v) is 3.24. The van der Waals surface area contributed by atoms with Crippen LogP contribution in [0.2, 0.25) is 0 Å². The van der Waals surface area contributed by atoms with Crippen LogP contribution in [0, 0.1) is 18.3 Å². The number of methoxy groups -OCH3 is 1. The molecule has 0 radical (unpaired) electrons. The van der Waals surface area contributed by atoms with E-state index in [4.69, 9.17) is 10.00 Å². The van der Waals surface area contributed by atoms with Gasteiger partial charge in [0.2, 0.25) is 5.88 Å². The predicted octanol–water partition coefficient (Wildman–Crippen LogP) is 2.35. The van der Waals surface area contributed by atoms with E-state index in [1.165, 1.54) is 0 Å². The second kappa shape index (κ2) is 5.68. The Morgan fingerprint density at radius 3 is 2.86 bits per heavy atom. The summed E-state index contributed by atoms with van der Waals surface area (Å²) >= 11 is 0. The Kier molecular flexibility index (Phi) is 3.72. The van der Waals surface area contributed by atoms with Crippen LogP contribution in [-0.2, 0) is 7.05 Å². The van der Waals surface area contributed by atoms with Gasteiger partial charge in [-0.25, -0.2) is 9.67 Å². The van der Waals surface area contributed by atoms with Gasteiger partial charge in [-0.2, -0.15) is 10.4 Å². The van der Waals surface area contributed by atoms with Gasteiger partial charge in [0.1, 0.15) is 11.9 Å². The minimum Gasteiger partial charge on any atom is -0.481 e. The third-order valence-corrected chi connectivity index (χ3v) is 4.16. The smallest absolute Gasteiger partial charge is 0.216 e. The van der Waals surface area contributed by atoms with Gasteiger partial charge in [-0.15, -0.1) is 0 Å². The maximum atomic E-state index is 8.90. The number of nitrogens with zero attached hydrogens (tertiary/aromatic N) is 5. The average Bonchev–Trinajstić information content (AvgIpc) is 3.10. The van der Waals surface area contributed by atoms with Crippen molar-refractivity contribution in [2.45, 2.75) is 25.8 Å². The number of nitriles is 1. The van der Waals surface area contributed by atoms with E-state index in [0.29, 0.717) is 5.56 Å². The Balaban J connectivity index is 1.98. The third-order valence-electron chi connectivity index (χ3n) is 4.16. The van der Waals surface area contributed by atoms with Crippen LogP contribution in [0.3, 0.4) is 0 Å². The van der Waals surface area contributed by atoms with Crippen LogP contribution >= 0.6 is 0 Å². The first-order valence-corrected chi connectivity index (χ1v) is 7.36. The monoisotopic (exact) mass is 297 g/mol. The number of anilines is 1. The zero-order valence-electron chi connectivity index (χ0n) is 13.1. The van der Waals surface area contributed by atoms with Gasteiger partial charge >= 0.3 is 0 Å². The van der Waals surface area contributed by atoms with E-state index in [2.05, 4.69) is 21.1 Å². The molecule has 1 atom stereocenters. The van der Waals surface area contributed by atoms with Crippen molar-refractivity contribution in [3.63, 3.8) is 0 Å². The third kappa shape index (κ3) is 2.29. The molecule has 0 spiro atoms. The van der Waals surface area contributed by atoms with Crippen molar-refractivity contribution < 1.29 is 4.74 Å². The number of hydrogen-bond donors (Lipinski definition) is 0. The van der Waals surface area contributed by atoms with Crippen LogP contribution < -0.4 is 9.64 Å². The highest BCUT2D eigenvalue weighted by Crippen LogP contribution is 2.40. The molecule has 0 aromatic carbocycles. The van der Waals surface area contributed by atoms with Crippen LogP contribution in [0.15, 0.2) is 18.3 Å². The number of aryl methyl sites for hydroxylation is 2. The summed E-state index contributed by atoms with van der Waals surface area (Å²) in [7, 11) is 3.58. The lowest BCUT2D eigenvalue weighted by Gasteiger charge is -2.26. The maximum Gasteiger partial charge on any atom is 0.216 e. The molecular formula is C16H19N5O. The normalized spacial score (nSPS) is 17.5. The Morgan fingerprint density at radius 1 is 1.41 bits per heavy atom. The molecule has 2 aromatic rings. The molecule has 22 heavy (non-hydrogen) atoms. The van der Waals surface area contributed by atoms with Crippen molar-refractivity contribution in [2.75, 3.05) is 18.6 Å². The summed E-state index contributed by atoms with van der Waals surface area (Å²) in [6, 6.07) is 6.04. The van der Waals surface area contributed by atoms with Crippen LogP contribution in [0.1, 0.15) is 35.7 Å². The highest BCUT2D eigenvalue weighted by atomic mass is 16.5. The van der Waals surface area contributed by atoms with Gasteiger partial charge in [0, 0.05) is 19.8 Å². The topological polar surface area (TPSA) is 67.0 Å². The fraction of sp³-hybridized carbons (Fsp3) is 0.438. The minimum atomic E-state index is 0.212. The molecule has 1 aliphatic heterocycles. The van der Waals surface area contributed by atoms with E-state index >= 15 is 0 Å². The minimum absolute atomic E-state index is 0.212. The van der Waals surface area contributed by atoms with Crippen LogP contribution in [-0.4, -0.2) is 28.4 Å². The lowest BCUT2D eigenvalue weighted by Crippen LogP contribution is -2.24. The van der Waals surface area contributed by atoms with Crippen LogP contribution in [0.25, 0.3) is 0 Å². The van der Waals surface area contributed by atoms with Gasteiger partial charge in [-0.1, -0.05) is 0 Å². The Hall–Kier alpha value is -2.55. The lowest BCUT2D eigenvalue weighted by atomic mass is 10.0. The molecule has 0 aliphatic carbocycles. The summed E-state index contributed by atoms with van der Waals surface area (Å²) in [6.07, 6.45) is 3.77. The molecule has 6 heteroatoms. The molecule has 0 unspecified atom stereocenters. The molecule has 0 N–H and O–H groups in total. The van der Waals surface area contributed by atoms with Crippen LogP contribution in [0.5, 0.6) is 5.88 Å². The van der Waals surface area contributed by atoms with Gasteiger partial charge in [0.25, 0.3) is 0 Å². The SMILES string of the molecule is COc1c([C@@H]2CCCN2c2ccc(C#N)cn2)c(C)nn1C. The summed E-state index contributed by atoms with van der Waals surface area (Å²) in [5, 5.41) is 13.4. The van der Waals surface area contributed by atoms with Crippen molar-refractivity contribution >= 4 is 5.82 Å². The number of pyridine rings is 1. The first-order valence-electron chi connectivity index (χ1n) is 7.36. The van der Waals surface area contributed by atoms with Gasteiger partial charge in [0.15, 0.2) is 0 Å². The quantitative estimate of drug-likeness (QED) is 0.870. The first-order chi connectivity index (χ1) is 10.7. The standard InChI is InChI=1S/C16H19N5O/c1-11-15(16(22-3)20(2)19-11)13-5-4-8-21(13)14-7-6-12(9-17)10-18-14/h6-7,10,13H,4-5,8H2,1-3H3/t13-/m0/s1. The van der Waals surface area contributed by atoms with Crippen molar-refractivity contribution in [3.05, 3.63) is 35.2 Å². The second-order valence-electron chi connectivity index (χ2n) is 5.50. The number of aromatic nitrogens is 3. The average molecular weight is 297 g/mol. The molecular weight excluding hydrogens is 278 g/mol. The van der Waals surface area contributed by atoms with Gasteiger partial charge in [-0.05, 0) is 31.9 Å². The molecule has 0 saturated carbocycles. The van der Waals surface area contributed by atoms with Gasteiger partial charge in [-0.3, -0.25) is 0 Å². The molecule has 1 aliphatic rings. The van der Waals surface area contributed by atoms with E-state index in [1.807, 2.05) is 26.1 Å². The number of hydrogen-bond acceptors (Lipinski definition) is 5. The summed E-state index contributed by atoms with van der Waals surface area (Å²) in [6.45, 7) is 2.96. The molecule has 114 valence electrons. The van der Waals surface area contributed by atoms with Crippen molar-refractivity contribution in [3.8, 4) is 11.9 Å². The van der Waals surface area contributed by atoms with Gasteiger partial charge in [0.05, 0.1) is 30.0 Å². The maximum absolute atomic E-state index is 8.90. The molecule has 0 amide bonds. The lowest BCUT2D eigenvalue weighted by molar-refractivity contribution is 0.366. The molecule has 3 rings (SSSR count). The number of rotatable bonds is 3. The Bertz CT molecular complexity index is 713. The largest absolute Gasteiger partial charge is 0.481 e. The Labute approximate surface area is 129 Å². The second-order valence-corrected chi connectivity index (χ2v) is 5.50. The molecule has 0 bridgehead atoms. The van der Waals surface area contributed by atoms with Crippen molar-refractivity contribution in [2.24, 2.45) is 7.05 Å². The van der Waals surface area contributed by atoms with E-state index in [1.54, 1.807) is 18.0 Å². The molecule has 1 fully saturated rings. The van der Waals surface area contributed by atoms with E-state index < -0.39 is 0 Å². The molecule has 3 heterocycles. The summed E-state index contributed by atoms with van der Waals surface area (Å²) in [5.41, 5.74) is 2.70. The van der Waals surface area contributed by atoms with E-state index in [-0.39, 0.29) is 6.04 Å². The Morgan fingerprint density at radius 2 is 2.23 bits per heavy atom. The highest BCUT2D eigenvalue weighted by Gasteiger charge is 2.32. The van der Waals surface area contributed by atoms with Crippen LogP contribution in [0.4, 0.5) is 5.82 Å². The van der Waals surface area contributed by atoms with E-state index in [0.717, 1.165) is 42.3 Å². The highest BCUT2D eigenvalue weighted by molar-refractivity contribution is 5.48. The molecule has 6 nitrogen and oxygen atoms in total. The zero-order chi connectivity index (χ0) is 15.7. The zero-order valence-corrected chi connectivity index (χ0v) is 13.1. The van der Waals surface area contributed by atoms with Gasteiger partial charge < -0.3 is 9.64 Å². The van der Waals surface area contributed by atoms with E-state index in [9.17, 15) is 0 Å². The summed E-state index contributed by atoms with van der Waals surface area (Å²) in [4.78, 5) is 6.71. The summed E-state index contributed by atoms with van der Waals surface area (Å²) in [5.74, 6) is 1.70. The predicted molar refractivity (Wildman–Crippen MR) is 82.8 cm³/mol. The molecule has 2 aromatic heterocycles. The van der Waals surface area contributed by atoms with Crippen molar-refractivity contribution in [1.82, 2.24) is 14.8 Å².